The molecule has 1 aliphatic heterocycles. The fourth-order valence-corrected chi connectivity index (χ4v) is 2.12. The number of nitrogens with one attached hydrogen (secondary N) is 1. The number of carbonyl (C=O) groups excluding carboxylic acids is 1. The van der Waals surface area contributed by atoms with Crippen LogP contribution in [0, 0.1) is 20.2 Å². The van der Waals surface area contributed by atoms with Crippen LogP contribution in [0.4, 0.5) is 5.69 Å². The summed E-state index contributed by atoms with van der Waals surface area (Å²) in [5, 5.41) is 24.1. The maximum atomic E-state index is 11.3. The second-order valence-electron chi connectivity index (χ2n) is 4.29. The van der Waals surface area contributed by atoms with Crippen molar-refractivity contribution >= 4 is 11.6 Å². The molecule has 1 aromatic carbocycles. The summed E-state index contributed by atoms with van der Waals surface area (Å²) >= 11 is 0. The second kappa shape index (κ2) is 5.01. The Morgan fingerprint density at radius 1 is 1.16 bits per heavy atom. The minimum absolute atomic E-state index is 0.0939. The molecule has 8 nitrogen and oxygen atoms in total. The Morgan fingerprint density at radius 2 is 1.79 bits per heavy atom. The van der Waals surface area contributed by atoms with E-state index in [9.17, 15) is 25.0 Å². The Morgan fingerprint density at radius 3 is 2.32 bits per heavy atom. The van der Waals surface area contributed by atoms with Gasteiger partial charge in [-0.2, -0.15) is 0 Å². The Labute approximate surface area is 107 Å². The smallest absolute Gasteiger partial charge is 0.269 e. The quantitative estimate of drug-likeness (QED) is 0.651. The molecule has 2 rings (SSSR count). The molecule has 0 unspecified atom stereocenters. The van der Waals surface area contributed by atoms with Crippen LogP contribution in [0.5, 0.6) is 0 Å². The van der Waals surface area contributed by atoms with Gasteiger partial charge in [-0.25, -0.2) is 0 Å². The van der Waals surface area contributed by atoms with Crippen molar-refractivity contribution in [2.24, 2.45) is 0 Å². The van der Waals surface area contributed by atoms with Gasteiger partial charge in [0.25, 0.3) is 5.69 Å². The van der Waals surface area contributed by atoms with Crippen LogP contribution in [-0.2, 0) is 4.79 Å². The monoisotopic (exact) mass is 265 g/mol. The molecule has 1 heterocycles. The van der Waals surface area contributed by atoms with Crippen molar-refractivity contribution in [2.75, 3.05) is 0 Å². The first-order valence-electron chi connectivity index (χ1n) is 5.66. The van der Waals surface area contributed by atoms with Gasteiger partial charge in [0, 0.05) is 29.9 Å². The zero-order valence-electron chi connectivity index (χ0n) is 9.81. The van der Waals surface area contributed by atoms with Gasteiger partial charge in [0.2, 0.25) is 11.9 Å². The third-order valence-electron chi connectivity index (χ3n) is 3.10. The molecule has 1 N–H and O–H groups in total. The van der Waals surface area contributed by atoms with Gasteiger partial charge in [0.1, 0.15) is 6.04 Å². The molecule has 0 bridgehead atoms. The highest BCUT2D eigenvalue weighted by Crippen LogP contribution is 2.27. The molecule has 1 saturated heterocycles. The number of nitro groups is 2. The van der Waals surface area contributed by atoms with E-state index in [1.54, 1.807) is 0 Å². The number of rotatable bonds is 3. The third kappa shape index (κ3) is 2.67. The van der Waals surface area contributed by atoms with Crippen molar-refractivity contribution in [3.8, 4) is 0 Å². The minimum atomic E-state index is -0.904. The number of nitro benzene ring substituents is 1. The minimum Gasteiger partial charge on any atom is -0.343 e. The zero-order valence-corrected chi connectivity index (χ0v) is 9.81. The summed E-state index contributed by atoms with van der Waals surface area (Å²) in [6.07, 6.45) is 0.287. The maximum absolute atomic E-state index is 11.3. The lowest BCUT2D eigenvalue weighted by Crippen LogP contribution is -2.45. The largest absolute Gasteiger partial charge is 0.343 e. The highest BCUT2D eigenvalue weighted by molar-refractivity contribution is 5.77. The normalized spacial score (nSPS) is 22.6. The van der Waals surface area contributed by atoms with Gasteiger partial charge in [-0.15, -0.1) is 0 Å². The first kappa shape index (κ1) is 12.9. The van der Waals surface area contributed by atoms with E-state index < -0.39 is 21.9 Å². The molecular formula is C11H11N3O5. The van der Waals surface area contributed by atoms with E-state index in [0.29, 0.717) is 5.56 Å². The summed E-state index contributed by atoms with van der Waals surface area (Å²) in [7, 11) is 0. The lowest BCUT2D eigenvalue weighted by Gasteiger charge is -2.26. The van der Waals surface area contributed by atoms with Crippen molar-refractivity contribution in [1.29, 1.82) is 0 Å². The van der Waals surface area contributed by atoms with E-state index in [2.05, 4.69) is 5.32 Å². The maximum Gasteiger partial charge on any atom is 0.269 e. The molecule has 1 amide bonds. The van der Waals surface area contributed by atoms with Crippen molar-refractivity contribution in [3.05, 3.63) is 50.1 Å². The molecule has 0 aliphatic carbocycles. The molecular weight excluding hydrogens is 254 g/mol. The van der Waals surface area contributed by atoms with E-state index in [4.69, 9.17) is 0 Å². The number of carbonyl (C=O) groups is 1. The Balaban J connectivity index is 2.28. The van der Waals surface area contributed by atoms with Gasteiger partial charge >= 0.3 is 0 Å². The van der Waals surface area contributed by atoms with Crippen LogP contribution < -0.4 is 5.32 Å². The van der Waals surface area contributed by atoms with E-state index in [-0.39, 0.29) is 24.4 Å². The van der Waals surface area contributed by atoms with Gasteiger partial charge in [-0.05, 0) is 17.7 Å². The summed E-state index contributed by atoms with van der Waals surface area (Å²) in [5.74, 6) is -0.249. The topological polar surface area (TPSA) is 115 Å². The molecule has 0 aromatic heterocycles. The highest BCUT2D eigenvalue weighted by atomic mass is 16.6. The Hall–Kier alpha value is -2.51. The van der Waals surface area contributed by atoms with Crippen LogP contribution in [0.3, 0.4) is 0 Å². The van der Waals surface area contributed by atoms with Crippen LogP contribution >= 0.6 is 0 Å². The molecule has 0 radical (unpaired) electrons. The fourth-order valence-electron chi connectivity index (χ4n) is 2.12. The lowest BCUT2D eigenvalue weighted by molar-refractivity contribution is -0.529. The molecule has 0 spiro atoms. The van der Waals surface area contributed by atoms with Gasteiger partial charge < -0.3 is 5.32 Å². The first-order valence-corrected chi connectivity index (χ1v) is 5.66. The van der Waals surface area contributed by atoms with E-state index in [1.807, 2.05) is 0 Å². The fraction of sp³-hybridized carbons (Fsp3) is 0.364. The second-order valence-corrected chi connectivity index (χ2v) is 4.29. The SMILES string of the molecule is O=C1CC[C@@H]([N+](=O)[O-])[C@H](c2ccc([N+](=O)[O-])cc2)N1. The summed E-state index contributed by atoms with van der Waals surface area (Å²) in [6.45, 7) is 0. The van der Waals surface area contributed by atoms with E-state index in [1.165, 1.54) is 24.3 Å². The number of nitrogens with zero attached hydrogens (tertiary/aromatic N) is 2. The average Bonchev–Trinajstić information content (AvgIpc) is 2.38. The van der Waals surface area contributed by atoms with Gasteiger partial charge in [0.05, 0.1) is 4.92 Å². The number of amides is 1. The number of benzene rings is 1. The molecule has 2 atom stereocenters. The van der Waals surface area contributed by atoms with Gasteiger partial charge in [-0.3, -0.25) is 25.0 Å². The van der Waals surface area contributed by atoms with Crippen molar-refractivity contribution in [2.45, 2.75) is 24.9 Å². The standard InChI is InChI=1S/C11H11N3O5/c15-10-6-5-9(14(18)19)11(12-10)7-1-3-8(4-2-7)13(16)17/h1-4,9,11H,5-6H2,(H,12,15)/t9-,11+/m1/s1. The van der Waals surface area contributed by atoms with Crippen molar-refractivity contribution in [1.82, 2.24) is 5.32 Å². The third-order valence-corrected chi connectivity index (χ3v) is 3.10. The van der Waals surface area contributed by atoms with Gasteiger partial charge in [-0.1, -0.05) is 0 Å². The molecule has 1 aliphatic rings. The first-order chi connectivity index (χ1) is 8.99. The average molecular weight is 265 g/mol. The van der Waals surface area contributed by atoms with Crippen LogP contribution in [0.15, 0.2) is 24.3 Å². The zero-order chi connectivity index (χ0) is 14.0. The predicted molar refractivity (Wildman–Crippen MR) is 64.0 cm³/mol. The predicted octanol–water partition coefficient (Wildman–Crippen LogP) is 1.19. The molecule has 19 heavy (non-hydrogen) atoms. The lowest BCUT2D eigenvalue weighted by atomic mass is 9.92. The molecule has 1 fully saturated rings. The summed E-state index contributed by atoms with van der Waals surface area (Å²) in [4.78, 5) is 31.9. The van der Waals surface area contributed by atoms with Crippen LogP contribution in [-0.4, -0.2) is 21.8 Å². The summed E-state index contributed by atoms with van der Waals surface area (Å²) in [5.41, 5.74) is 0.406. The number of hydrogen-bond donors (Lipinski definition) is 1. The van der Waals surface area contributed by atoms with Crippen molar-refractivity contribution in [3.63, 3.8) is 0 Å². The highest BCUT2D eigenvalue weighted by Gasteiger charge is 2.38. The summed E-state index contributed by atoms with van der Waals surface area (Å²) < 4.78 is 0. The molecule has 8 heteroatoms. The van der Waals surface area contributed by atoms with Crippen LogP contribution in [0.2, 0.25) is 0 Å². The van der Waals surface area contributed by atoms with E-state index >= 15 is 0 Å². The van der Waals surface area contributed by atoms with Crippen LogP contribution in [0.25, 0.3) is 0 Å². The molecule has 0 saturated carbocycles. The molecule has 100 valence electrons. The Kier molecular flexibility index (Phi) is 3.41. The number of piperidine rings is 1. The number of non-ortho nitro benzene ring substituents is 1. The van der Waals surface area contributed by atoms with Crippen molar-refractivity contribution < 1.29 is 14.6 Å². The van der Waals surface area contributed by atoms with Gasteiger partial charge in [0.15, 0.2) is 0 Å². The Bertz CT molecular complexity index is 528. The molecule has 1 aromatic rings. The van der Waals surface area contributed by atoms with E-state index in [0.717, 1.165) is 0 Å². The summed E-state index contributed by atoms with van der Waals surface area (Å²) in [6, 6.07) is 3.77. The number of hydrogen-bond acceptors (Lipinski definition) is 5. The van der Waals surface area contributed by atoms with Crippen LogP contribution in [0.1, 0.15) is 24.4 Å².